The summed E-state index contributed by atoms with van der Waals surface area (Å²) in [5.41, 5.74) is 0.857. The predicted molar refractivity (Wildman–Crippen MR) is 93.3 cm³/mol. The quantitative estimate of drug-likeness (QED) is 0.640. The van der Waals surface area contributed by atoms with Crippen LogP contribution in [0.2, 0.25) is 0 Å². The molecule has 0 aliphatic carbocycles. The first-order chi connectivity index (χ1) is 10.7. The van der Waals surface area contributed by atoms with E-state index < -0.39 is 6.10 Å². The lowest BCUT2D eigenvalue weighted by molar-refractivity contribution is 0.186. The van der Waals surface area contributed by atoms with Crippen LogP contribution in [-0.4, -0.2) is 58.1 Å². The van der Waals surface area contributed by atoms with Gasteiger partial charge in [0, 0.05) is 43.0 Å². The van der Waals surface area contributed by atoms with Crippen molar-refractivity contribution in [2.75, 3.05) is 31.9 Å². The van der Waals surface area contributed by atoms with Gasteiger partial charge in [-0.1, -0.05) is 6.92 Å². The van der Waals surface area contributed by atoms with Crippen LogP contribution in [0.15, 0.2) is 29.5 Å². The zero-order valence-corrected chi connectivity index (χ0v) is 14.2. The third-order valence-electron chi connectivity index (χ3n) is 3.73. The summed E-state index contributed by atoms with van der Waals surface area (Å²) in [7, 11) is 0. The highest BCUT2D eigenvalue weighted by molar-refractivity contribution is 8.00. The molecule has 1 aromatic rings. The Kier molecular flexibility index (Phi) is 6.99. The molecule has 22 heavy (non-hydrogen) atoms. The SMILES string of the molecule is CCNC(=NCC(O)c1ccncc1)N1CCSC(CC)C1. The van der Waals surface area contributed by atoms with Crippen molar-refractivity contribution in [1.82, 2.24) is 15.2 Å². The van der Waals surface area contributed by atoms with Crippen molar-refractivity contribution in [1.29, 1.82) is 0 Å². The molecule has 1 aliphatic rings. The highest BCUT2D eigenvalue weighted by Gasteiger charge is 2.21. The van der Waals surface area contributed by atoms with E-state index in [9.17, 15) is 5.11 Å². The fourth-order valence-corrected chi connectivity index (χ4v) is 3.63. The second-order valence-electron chi connectivity index (χ2n) is 5.34. The Morgan fingerprint density at radius 1 is 1.50 bits per heavy atom. The molecule has 1 saturated heterocycles. The number of pyridine rings is 1. The number of aliphatic imine (C=N–C) groups is 1. The van der Waals surface area contributed by atoms with E-state index in [0.29, 0.717) is 11.8 Å². The topological polar surface area (TPSA) is 60.8 Å². The van der Waals surface area contributed by atoms with Gasteiger partial charge in [-0.15, -0.1) is 0 Å². The molecule has 1 fully saturated rings. The maximum absolute atomic E-state index is 10.2. The number of rotatable bonds is 5. The largest absolute Gasteiger partial charge is 0.386 e. The lowest BCUT2D eigenvalue weighted by Crippen LogP contribution is -2.48. The number of guanidine groups is 1. The van der Waals surface area contributed by atoms with E-state index in [0.717, 1.165) is 36.9 Å². The first-order valence-corrected chi connectivity index (χ1v) is 9.02. The van der Waals surface area contributed by atoms with Gasteiger partial charge in [0.2, 0.25) is 0 Å². The molecule has 122 valence electrons. The molecule has 0 bridgehead atoms. The van der Waals surface area contributed by atoms with Gasteiger partial charge in [-0.3, -0.25) is 9.98 Å². The summed E-state index contributed by atoms with van der Waals surface area (Å²) in [6.07, 6.45) is 3.99. The number of nitrogens with zero attached hydrogens (tertiary/aromatic N) is 3. The standard InChI is InChI=1S/C16H26N4OS/c1-3-14-12-20(9-10-22-14)16(18-4-2)19-11-15(21)13-5-7-17-8-6-13/h5-8,14-15,21H,3-4,9-12H2,1-2H3,(H,18,19). The van der Waals surface area contributed by atoms with Crippen LogP contribution in [-0.2, 0) is 0 Å². The Morgan fingerprint density at radius 2 is 2.27 bits per heavy atom. The van der Waals surface area contributed by atoms with Crippen LogP contribution in [0.4, 0.5) is 0 Å². The molecule has 0 aromatic carbocycles. The summed E-state index contributed by atoms with van der Waals surface area (Å²) >= 11 is 2.04. The molecular weight excluding hydrogens is 296 g/mol. The molecule has 0 radical (unpaired) electrons. The van der Waals surface area contributed by atoms with Gasteiger partial charge in [0.25, 0.3) is 0 Å². The van der Waals surface area contributed by atoms with Crippen LogP contribution in [0, 0.1) is 0 Å². The van der Waals surface area contributed by atoms with Crippen LogP contribution in [0.3, 0.4) is 0 Å². The summed E-state index contributed by atoms with van der Waals surface area (Å²) in [4.78, 5) is 10.9. The van der Waals surface area contributed by atoms with Crippen molar-refractivity contribution in [3.63, 3.8) is 0 Å². The zero-order valence-electron chi connectivity index (χ0n) is 13.4. The van der Waals surface area contributed by atoms with Gasteiger partial charge in [-0.25, -0.2) is 0 Å². The Bertz CT molecular complexity index is 468. The fourth-order valence-electron chi connectivity index (χ4n) is 2.45. The molecule has 6 heteroatoms. The van der Waals surface area contributed by atoms with Gasteiger partial charge in [-0.2, -0.15) is 11.8 Å². The highest BCUT2D eigenvalue weighted by atomic mass is 32.2. The fraction of sp³-hybridized carbons (Fsp3) is 0.625. The van der Waals surface area contributed by atoms with Crippen molar-refractivity contribution < 1.29 is 5.11 Å². The van der Waals surface area contributed by atoms with Crippen molar-refractivity contribution in [3.05, 3.63) is 30.1 Å². The van der Waals surface area contributed by atoms with Crippen molar-refractivity contribution >= 4 is 17.7 Å². The summed E-state index contributed by atoms with van der Waals surface area (Å²) in [5, 5.41) is 14.3. The molecule has 2 atom stereocenters. The Balaban J connectivity index is 2.00. The minimum atomic E-state index is -0.585. The predicted octanol–water partition coefficient (Wildman–Crippen LogP) is 1.91. The molecule has 0 spiro atoms. The van der Waals surface area contributed by atoms with Crippen LogP contribution < -0.4 is 5.32 Å². The molecule has 5 nitrogen and oxygen atoms in total. The number of thioether (sulfide) groups is 1. The van der Waals surface area contributed by atoms with E-state index in [-0.39, 0.29) is 0 Å². The van der Waals surface area contributed by atoms with Crippen LogP contribution in [0.5, 0.6) is 0 Å². The minimum absolute atomic E-state index is 0.368. The minimum Gasteiger partial charge on any atom is -0.386 e. The van der Waals surface area contributed by atoms with Crippen LogP contribution in [0.25, 0.3) is 0 Å². The molecular formula is C16H26N4OS. The third-order valence-corrected chi connectivity index (χ3v) is 5.11. The zero-order chi connectivity index (χ0) is 15.8. The molecule has 1 aliphatic heterocycles. The Hall–Kier alpha value is -1.27. The monoisotopic (exact) mass is 322 g/mol. The number of nitrogens with one attached hydrogen (secondary N) is 1. The molecule has 1 aromatic heterocycles. The molecule has 2 rings (SSSR count). The number of hydrogen-bond acceptors (Lipinski definition) is 4. The van der Waals surface area contributed by atoms with E-state index in [1.165, 1.54) is 6.42 Å². The summed E-state index contributed by atoms with van der Waals surface area (Å²) in [6.45, 7) is 7.55. The van der Waals surface area contributed by atoms with Crippen LogP contribution in [0.1, 0.15) is 31.9 Å². The van der Waals surface area contributed by atoms with Gasteiger partial charge in [-0.05, 0) is 31.0 Å². The normalized spacial score (nSPS) is 20.8. The Morgan fingerprint density at radius 3 is 2.95 bits per heavy atom. The lowest BCUT2D eigenvalue weighted by atomic mass is 10.1. The second-order valence-corrected chi connectivity index (χ2v) is 6.75. The second kappa shape index (κ2) is 9.00. The summed E-state index contributed by atoms with van der Waals surface area (Å²) in [6, 6.07) is 3.66. The maximum Gasteiger partial charge on any atom is 0.194 e. The number of aliphatic hydroxyl groups is 1. The van der Waals surface area contributed by atoms with Gasteiger partial charge in [0.15, 0.2) is 5.96 Å². The van der Waals surface area contributed by atoms with Crippen molar-refractivity contribution in [3.8, 4) is 0 Å². The van der Waals surface area contributed by atoms with Crippen molar-refractivity contribution in [2.45, 2.75) is 31.6 Å². The van der Waals surface area contributed by atoms with Gasteiger partial charge in [0.1, 0.15) is 0 Å². The number of aromatic nitrogens is 1. The van der Waals surface area contributed by atoms with E-state index in [2.05, 4.69) is 34.0 Å². The Labute approximate surface area is 137 Å². The summed E-state index contributed by atoms with van der Waals surface area (Å²) in [5.74, 6) is 2.05. The maximum atomic E-state index is 10.2. The first-order valence-electron chi connectivity index (χ1n) is 7.97. The molecule has 2 N–H and O–H groups in total. The van der Waals surface area contributed by atoms with E-state index in [1.807, 2.05) is 23.9 Å². The molecule has 0 amide bonds. The van der Waals surface area contributed by atoms with Crippen molar-refractivity contribution in [2.24, 2.45) is 4.99 Å². The summed E-state index contributed by atoms with van der Waals surface area (Å²) < 4.78 is 0. The number of hydrogen-bond donors (Lipinski definition) is 2. The van der Waals surface area contributed by atoms with Gasteiger partial charge < -0.3 is 15.3 Å². The van der Waals surface area contributed by atoms with Gasteiger partial charge in [0.05, 0.1) is 12.6 Å². The first kappa shape index (κ1) is 17.1. The average Bonchev–Trinajstić information content (AvgIpc) is 2.59. The van der Waals surface area contributed by atoms with E-state index in [4.69, 9.17) is 0 Å². The molecule has 2 unspecified atom stereocenters. The van der Waals surface area contributed by atoms with Gasteiger partial charge >= 0.3 is 0 Å². The molecule has 2 heterocycles. The highest BCUT2D eigenvalue weighted by Crippen LogP contribution is 2.21. The van der Waals surface area contributed by atoms with Crippen LogP contribution >= 0.6 is 11.8 Å². The average molecular weight is 322 g/mol. The molecule has 0 saturated carbocycles. The van der Waals surface area contributed by atoms with E-state index in [1.54, 1.807) is 12.4 Å². The lowest BCUT2D eigenvalue weighted by Gasteiger charge is -2.34. The van der Waals surface area contributed by atoms with E-state index >= 15 is 0 Å². The number of aliphatic hydroxyl groups excluding tert-OH is 1. The third kappa shape index (κ3) is 4.88. The smallest absolute Gasteiger partial charge is 0.194 e.